The van der Waals surface area contributed by atoms with E-state index in [1.165, 1.54) is 0 Å². The van der Waals surface area contributed by atoms with Gasteiger partial charge in [0.25, 0.3) is 0 Å². The van der Waals surface area contributed by atoms with Gasteiger partial charge in [-0.1, -0.05) is 46.3 Å². The Morgan fingerprint density at radius 2 is 1.80 bits per heavy atom. The number of nitrogens with two attached hydrogens (primary N) is 1. The number of hydrogen-bond acceptors (Lipinski definition) is 4. The van der Waals surface area contributed by atoms with E-state index >= 15 is 0 Å². The minimum atomic E-state index is -0.392. The van der Waals surface area contributed by atoms with Crippen LogP contribution in [0, 0.1) is 6.17 Å². The van der Waals surface area contributed by atoms with Gasteiger partial charge in [-0.05, 0) is 16.2 Å². The maximum Gasteiger partial charge on any atom is 0.328 e. The molecule has 0 aliphatic rings. The second kappa shape index (κ2) is 7.09. The van der Waals surface area contributed by atoms with Gasteiger partial charge in [-0.2, -0.15) is 23.2 Å². The van der Waals surface area contributed by atoms with Crippen molar-refractivity contribution < 1.29 is 9.63 Å². The summed E-state index contributed by atoms with van der Waals surface area (Å²) in [6.07, 6.45) is 0.487. The third kappa shape index (κ3) is 4.38. The Bertz CT molecular complexity index is 558. The molecule has 3 N–H and O–H groups in total. The van der Waals surface area contributed by atoms with E-state index in [0.29, 0.717) is 6.17 Å². The zero-order valence-corrected chi connectivity index (χ0v) is 12.3. The lowest BCUT2D eigenvalue weighted by molar-refractivity contribution is -0.149. The van der Waals surface area contributed by atoms with E-state index in [0.717, 1.165) is 15.6 Å². The Morgan fingerprint density at radius 1 is 1.15 bits per heavy atom. The SMILES string of the molecule is N[C-](NOC(=O)Cc1ccccc1)c1ccc(Br)cc1. The summed E-state index contributed by atoms with van der Waals surface area (Å²) in [6, 6.07) is 16.7. The van der Waals surface area contributed by atoms with Gasteiger partial charge in [-0.25, -0.2) is 0 Å². The number of halogens is 1. The van der Waals surface area contributed by atoms with Crippen molar-refractivity contribution in [3.8, 4) is 0 Å². The number of carbonyl (C=O) groups excluding carboxylic acids is 1. The predicted octanol–water partition coefficient (Wildman–Crippen LogP) is 2.54. The number of hydroxylamine groups is 1. The van der Waals surface area contributed by atoms with Crippen LogP contribution in [-0.2, 0) is 16.1 Å². The molecule has 0 aliphatic heterocycles. The van der Waals surface area contributed by atoms with Crippen molar-refractivity contribution in [2.45, 2.75) is 6.42 Å². The van der Waals surface area contributed by atoms with E-state index in [9.17, 15) is 4.79 Å². The van der Waals surface area contributed by atoms with Crippen LogP contribution in [0.1, 0.15) is 11.1 Å². The molecule has 0 heterocycles. The summed E-state index contributed by atoms with van der Waals surface area (Å²) in [5.74, 6) is -0.392. The summed E-state index contributed by atoms with van der Waals surface area (Å²) >= 11 is 3.34. The average Bonchev–Trinajstić information content (AvgIpc) is 2.46. The molecular weight excluding hydrogens is 320 g/mol. The topological polar surface area (TPSA) is 64.3 Å². The predicted molar refractivity (Wildman–Crippen MR) is 80.0 cm³/mol. The van der Waals surface area contributed by atoms with Gasteiger partial charge in [0.05, 0.1) is 6.42 Å². The van der Waals surface area contributed by atoms with Gasteiger partial charge in [0.15, 0.2) is 0 Å². The number of carbonyl (C=O) groups is 1. The molecule has 2 rings (SSSR count). The van der Waals surface area contributed by atoms with Crippen molar-refractivity contribution in [2.75, 3.05) is 0 Å². The van der Waals surface area contributed by atoms with Crippen molar-refractivity contribution in [1.82, 2.24) is 5.48 Å². The van der Waals surface area contributed by atoms with E-state index in [1.807, 2.05) is 54.6 Å². The monoisotopic (exact) mass is 333 g/mol. The fourth-order valence-electron chi connectivity index (χ4n) is 1.60. The Balaban J connectivity index is 1.82. The summed E-state index contributed by atoms with van der Waals surface area (Å²) in [4.78, 5) is 16.6. The molecule has 0 radical (unpaired) electrons. The first-order chi connectivity index (χ1) is 9.65. The van der Waals surface area contributed by atoms with E-state index in [-0.39, 0.29) is 6.42 Å². The molecule has 104 valence electrons. The number of nitrogens with one attached hydrogen (secondary N) is 1. The Labute approximate surface area is 126 Å². The molecular formula is C15H14BrN2O2-. The van der Waals surface area contributed by atoms with E-state index in [4.69, 9.17) is 10.6 Å². The fourth-order valence-corrected chi connectivity index (χ4v) is 1.86. The molecule has 0 saturated carbocycles. The maximum absolute atomic E-state index is 11.6. The second-order valence-electron chi connectivity index (χ2n) is 4.16. The smallest absolute Gasteiger partial charge is 0.328 e. The van der Waals surface area contributed by atoms with Crippen LogP contribution < -0.4 is 11.2 Å². The second-order valence-corrected chi connectivity index (χ2v) is 5.07. The standard InChI is InChI=1S/C15H14BrN2O2/c16-13-8-6-12(7-9-13)15(17)18-20-14(19)10-11-4-2-1-3-5-11/h1-9,18H,10,17H2/q-1. The Kier molecular flexibility index (Phi) is 5.17. The zero-order chi connectivity index (χ0) is 14.4. The summed E-state index contributed by atoms with van der Waals surface area (Å²) < 4.78 is 0.954. The fraction of sp³-hybridized carbons (Fsp3) is 0.0667. The van der Waals surface area contributed by atoms with Crippen molar-refractivity contribution >= 4 is 21.9 Å². The highest BCUT2D eigenvalue weighted by Gasteiger charge is 2.05. The Hall–Kier alpha value is -1.82. The van der Waals surface area contributed by atoms with Crippen molar-refractivity contribution in [3.63, 3.8) is 0 Å². The van der Waals surface area contributed by atoms with Crippen LogP contribution in [-0.4, -0.2) is 5.97 Å². The van der Waals surface area contributed by atoms with Crippen molar-refractivity contribution in [3.05, 3.63) is 76.4 Å². The number of rotatable bonds is 5. The van der Waals surface area contributed by atoms with Gasteiger partial charge < -0.3 is 10.6 Å². The number of hydrogen-bond donors (Lipinski definition) is 2. The largest absolute Gasteiger partial charge is 0.376 e. The summed E-state index contributed by atoms with van der Waals surface area (Å²) in [7, 11) is 0. The normalized spacial score (nSPS) is 10.1. The van der Waals surface area contributed by atoms with Crippen LogP contribution in [0.5, 0.6) is 0 Å². The van der Waals surface area contributed by atoms with Crippen LogP contribution in [0.4, 0.5) is 0 Å². The minimum absolute atomic E-state index is 0.196. The first-order valence-corrected chi connectivity index (χ1v) is 6.82. The van der Waals surface area contributed by atoms with Gasteiger partial charge in [0.2, 0.25) is 0 Å². The molecule has 0 amide bonds. The van der Waals surface area contributed by atoms with Gasteiger partial charge in [-0.15, -0.1) is 12.1 Å². The van der Waals surface area contributed by atoms with E-state index in [1.54, 1.807) is 0 Å². The molecule has 20 heavy (non-hydrogen) atoms. The van der Waals surface area contributed by atoms with Crippen LogP contribution in [0.25, 0.3) is 0 Å². The highest BCUT2D eigenvalue weighted by Crippen LogP contribution is 2.13. The molecule has 0 spiro atoms. The first-order valence-electron chi connectivity index (χ1n) is 6.03. The highest BCUT2D eigenvalue weighted by atomic mass is 79.9. The summed E-state index contributed by atoms with van der Waals surface area (Å²) in [6.45, 7) is 0. The highest BCUT2D eigenvalue weighted by molar-refractivity contribution is 9.10. The third-order valence-corrected chi connectivity index (χ3v) is 3.15. The lowest BCUT2D eigenvalue weighted by Gasteiger charge is -2.21. The van der Waals surface area contributed by atoms with Gasteiger partial charge in [0.1, 0.15) is 0 Å². The summed E-state index contributed by atoms with van der Waals surface area (Å²) in [5, 5.41) is 0. The summed E-state index contributed by atoms with van der Waals surface area (Å²) in [5.41, 5.74) is 9.91. The molecule has 2 aromatic carbocycles. The molecule has 5 heteroatoms. The van der Waals surface area contributed by atoms with Crippen LogP contribution in [0.3, 0.4) is 0 Å². The van der Waals surface area contributed by atoms with Crippen LogP contribution in [0.2, 0.25) is 0 Å². The zero-order valence-electron chi connectivity index (χ0n) is 10.7. The quantitative estimate of drug-likeness (QED) is 0.652. The first kappa shape index (κ1) is 14.6. The van der Waals surface area contributed by atoms with Crippen LogP contribution in [0.15, 0.2) is 59.1 Å². The van der Waals surface area contributed by atoms with E-state index < -0.39 is 5.97 Å². The third-order valence-electron chi connectivity index (χ3n) is 2.62. The lowest BCUT2D eigenvalue weighted by Crippen LogP contribution is -2.32. The lowest BCUT2D eigenvalue weighted by atomic mass is 10.2. The average molecular weight is 334 g/mol. The van der Waals surface area contributed by atoms with Gasteiger partial charge >= 0.3 is 5.97 Å². The molecule has 0 bridgehead atoms. The molecule has 2 aromatic rings. The molecule has 0 aromatic heterocycles. The van der Waals surface area contributed by atoms with Gasteiger partial charge in [-0.3, -0.25) is 4.79 Å². The molecule has 0 fully saturated rings. The van der Waals surface area contributed by atoms with E-state index in [2.05, 4.69) is 21.4 Å². The molecule has 4 nitrogen and oxygen atoms in total. The molecule has 0 atom stereocenters. The maximum atomic E-state index is 11.6. The molecule has 0 aliphatic carbocycles. The molecule has 0 unspecified atom stereocenters. The van der Waals surface area contributed by atoms with Crippen molar-refractivity contribution in [2.24, 2.45) is 5.73 Å². The molecule has 0 saturated heterocycles. The number of benzene rings is 2. The van der Waals surface area contributed by atoms with Gasteiger partial charge in [0, 0.05) is 0 Å². The minimum Gasteiger partial charge on any atom is -0.376 e. The van der Waals surface area contributed by atoms with Crippen LogP contribution >= 0.6 is 15.9 Å². The Morgan fingerprint density at radius 3 is 2.45 bits per heavy atom. The van der Waals surface area contributed by atoms with Crippen molar-refractivity contribution in [1.29, 1.82) is 0 Å².